The molecule has 1 nitrogen and oxygen atoms in total. The van der Waals surface area contributed by atoms with E-state index < -0.39 is 0 Å². The van der Waals surface area contributed by atoms with Gasteiger partial charge in [0.25, 0.3) is 0 Å². The van der Waals surface area contributed by atoms with Gasteiger partial charge in [-0.15, -0.1) is 23.5 Å². The van der Waals surface area contributed by atoms with Crippen LogP contribution in [0.3, 0.4) is 0 Å². The Bertz CT molecular complexity index is 514. The topological polar surface area (TPSA) is 9.23 Å². The Hall–Kier alpha value is 0.0600. The van der Waals surface area contributed by atoms with Crippen molar-refractivity contribution in [1.82, 2.24) is 0 Å². The Labute approximate surface area is 151 Å². The van der Waals surface area contributed by atoms with Gasteiger partial charge < -0.3 is 4.74 Å². The molecule has 21 heavy (non-hydrogen) atoms. The summed E-state index contributed by atoms with van der Waals surface area (Å²) in [7, 11) is 0. The molecule has 0 radical (unpaired) electrons. The lowest BCUT2D eigenvalue weighted by molar-refractivity contribution is 0.167. The molecular weight excluding hydrogens is 432 g/mol. The van der Waals surface area contributed by atoms with Gasteiger partial charge in [-0.05, 0) is 56.1 Å². The lowest BCUT2D eigenvalue weighted by Crippen LogP contribution is -2.01. The lowest BCUT2D eigenvalue weighted by atomic mass is 10.4. The molecule has 0 aliphatic heterocycles. The molecule has 0 saturated heterocycles. The van der Waals surface area contributed by atoms with Crippen molar-refractivity contribution in [2.75, 3.05) is 24.7 Å². The van der Waals surface area contributed by atoms with Crippen molar-refractivity contribution in [3.05, 3.63) is 57.5 Å². The minimum Gasteiger partial charge on any atom is -0.380 e. The zero-order valence-corrected chi connectivity index (χ0v) is 16.2. The van der Waals surface area contributed by atoms with Crippen molar-refractivity contribution in [2.24, 2.45) is 0 Å². The summed E-state index contributed by atoms with van der Waals surface area (Å²) in [6.07, 6.45) is 0. The molecule has 0 unspecified atom stereocenters. The number of halogens is 2. The molecular formula is C16H16Br2OS2. The van der Waals surface area contributed by atoms with Crippen LogP contribution in [0.25, 0.3) is 0 Å². The van der Waals surface area contributed by atoms with Crippen LogP contribution in [0.4, 0.5) is 0 Å². The Balaban J connectivity index is 1.57. The van der Waals surface area contributed by atoms with E-state index in [9.17, 15) is 0 Å². The van der Waals surface area contributed by atoms with Gasteiger partial charge in [-0.2, -0.15) is 0 Å². The van der Waals surface area contributed by atoms with Crippen LogP contribution < -0.4 is 0 Å². The zero-order valence-electron chi connectivity index (χ0n) is 11.4. The van der Waals surface area contributed by atoms with E-state index in [2.05, 4.69) is 68.3 Å². The highest BCUT2D eigenvalue weighted by Gasteiger charge is 2.00. The van der Waals surface area contributed by atoms with E-state index in [0.29, 0.717) is 0 Å². The smallest absolute Gasteiger partial charge is 0.0560 e. The number of thioether (sulfide) groups is 2. The van der Waals surface area contributed by atoms with Crippen molar-refractivity contribution < 1.29 is 4.74 Å². The van der Waals surface area contributed by atoms with Crippen LogP contribution in [0.2, 0.25) is 0 Å². The largest absolute Gasteiger partial charge is 0.380 e. The summed E-state index contributed by atoms with van der Waals surface area (Å²) in [5, 5.41) is 0. The van der Waals surface area contributed by atoms with Gasteiger partial charge in [0.05, 0.1) is 13.2 Å². The summed E-state index contributed by atoms with van der Waals surface area (Å²) in [6, 6.07) is 16.6. The van der Waals surface area contributed by atoms with Crippen molar-refractivity contribution >= 4 is 55.4 Å². The van der Waals surface area contributed by atoms with Gasteiger partial charge >= 0.3 is 0 Å². The molecule has 0 aliphatic carbocycles. The Morgan fingerprint density at radius 3 is 1.57 bits per heavy atom. The van der Waals surface area contributed by atoms with Crippen LogP contribution >= 0.6 is 55.4 Å². The maximum Gasteiger partial charge on any atom is 0.0560 e. The number of hydrogen-bond donors (Lipinski definition) is 0. The Morgan fingerprint density at radius 1 is 0.714 bits per heavy atom. The monoisotopic (exact) mass is 446 g/mol. The predicted molar refractivity (Wildman–Crippen MR) is 101 cm³/mol. The molecule has 0 bridgehead atoms. The third-order valence-corrected chi connectivity index (χ3v) is 6.63. The summed E-state index contributed by atoms with van der Waals surface area (Å²) in [5.74, 6) is 1.95. The van der Waals surface area contributed by atoms with E-state index in [1.807, 2.05) is 35.7 Å². The molecule has 0 aromatic heterocycles. The fraction of sp³-hybridized carbons (Fsp3) is 0.250. The van der Waals surface area contributed by atoms with Crippen LogP contribution in [0, 0.1) is 0 Å². The lowest BCUT2D eigenvalue weighted by Gasteiger charge is -2.06. The summed E-state index contributed by atoms with van der Waals surface area (Å²) in [4.78, 5) is 2.53. The Morgan fingerprint density at radius 2 is 1.14 bits per heavy atom. The third-order valence-electron chi connectivity index (χ3n) is 2.64. The van der Waals surface area contributed by atoms with Crippen molar-refractivity contribution in [1.29, 1.82) is 0 Å². The van der Waals surface area contributed by atoms with Crippen LogP contribution in [-0.2, 0) is 4.74 Å². The molecule has 0 fully saturated rings. The number of ether oxygens (including phenoxy) is 1. The first-order valence-electron chi connectivity index (χ1n) is 6.60. The van der Waals surface area contributed by atoms with Crippen LogP contribution in [0.15, 0.2) is 67.3 Å². The van der Waals surface area contributed by atoms with Crippen LogP contribution in [0.5, 0.6) is 0 Å². The van der Waals surface area contributed by atoms with Crippen molar-refractivity contribution in [2.45, 2.75) is 9.79 Å². The van der Waals surface area contributed by atoms with Gasteiger partial charge in [-0.25, -0.2) is 0 Å². The van der Waals surface area contributed by atoms with Gasteiger partial charge in [-0.3, -0.25) is 0 Å². The molecule has 0 saturated carbocycles. The maximum absolute atomic E-state index is 5.68. The highest BCUT2D eigenvalue weighted by atomic mass is 79.9. The Kier molecular flexibility index (Phi) is 8.25. The van der Waals surface area contributed by atoms with Gasteiger partial charge in [-0.1, -0.05) is 24.3 Å². The predicted octanol–water partition coefficient (Wildman–Crippen LogP) is 6.11. The molecule has 112 valence electrons. The molecule has 0 atom stereocenters. The van der Waals surface area contributed by atoms with E-state index >= 15 is 0 Å². The van der Waals surface area contributed by atoms with Gasteiger partial charge in [0.2, 0.25) is 0 Å². The second-order valence-corrected chi connectivity index (χ2v) is 8.15. The third kappa shape index (κ3) is 6.37. The molecule has 2 rings (SSSR count). The quantitative estimate of drug-likeness (QED) is 0.356. The molecule has 0 heterocycles. The van der Waals surface area contributed by atoms with Gasteiger partial charge in [0, 0.05) is 30.2 Å². The van der Waals surface area contributed by atoms with Crippen LogP contribution in [-0.4, -0.2) is 24.7 Å². The van der Waals surface area contributed by atoms with Crippen molar-refractivity contribution in [3.8, 4) is 0 Å². The van der Waals surface area contributed by atoms with E-state index in [1.165, 1.54) is 9.79 Å². The van der Waals surface area contributed by atoms with E-state index in [-0.39, 0.29) is 0 Å². The normalized spacial score (nSPS) is 10.8. The van der Waals surface area contributed by atoms with Gasteiger partial charge in [0.15, 0.2) is 0 Å². The molecule has 0 spiro atoms. The minimum absolute atomic E-state index is 0.780. The number of benzene rings is 2. The zero-order chi connectivity index (χ0) is 14.9. The van der Waals surface area contributed by atoms with E-state index in [1.54, 1.807) is 0 Å². The number of rotatable bonds is 8. The summed E-state index contributed by atoms with van der Waals surface area (Å²) < 4.78 is 7.99. The second-order valence-electron chi connectivity index (χ2n) is 4.17. The van der Waals surface area contributed by atoms with Crippen molar-refractivity contribution in [3.63, 3.8) is 0 Å². The first kappa shape index (κ1) is 17.4. The summed E-state index contributed by atoms with van der Waals surface area (Å²) in [5.41, 5.74) is 0. The number of hydrogen-bond acceptors (Lipinski definition) is 3. The SMILES string of the molecule is Brc1ccccc1SCCOCCSc1ccccc1Br. The maximum atomic E-state index is 5.68. The van der Waals surface area contributed by atoms with Crippen LogP contribution in [0.1, 0.15) is 0 Å². The van der Waals surface area contributed by atoms with Gasteiger partial charge in [0.1, 0.15) is 0 Å². The van der Waals surface area contributed by atoms with E-state index in [0.717, 1.165) is 33.7 Å². The molecule has 0 N–H and O–H groups in total. The van der Waals surface area contributed by atoms with E-state index in [4.69, 9.17) is 4.74 Å². The molecule has 0 aliphatic rings. The first-order chi connectivity index (χ1) is 10.3. The average Bonchev–Trinajstić information content (AvgIpc) is 2.50. The highest BCUT2D eigenvalue weighted by Crippen LogP contribution is 2.27. The molecule has 2 aromatic carbocycles. The second kappa shape index (κ2) is 9.95. The fourth-order valence-corrected chi connectivity index (χ4v) is 4.51. The minimum atomic E-state index is 0.780. The molecule has 5 heteroatoms. The molecule has 0 amide bonds. The average molecular weight is 448 g/mol. The first-order valence-corrected chi connectivity index (χ1v) is 10.2. The standard InChI is InChI=1S/C16H16Br2OS2/c17-13-5-1-3-7-15(13)20-11-9-19-10-12-21-16-8-4-2-6-14(16)18/h1-8H,9-12H2. The summed E-state index contributed by atoms with van der Waals surface area (Å²) in [6.45, 7) is 1.56. The molecule has 2 aromatic rings. The summed E-state index contributed by atoms with van der Waals surface area (Å²) >= 11 is 10.7. The highest BCUT2D eigenvalue weighted by molar-refractivity contribution is 9.10. The fourth-order valence-electron chi connectivity index (χ4n) is 1.65.